The van der Waals surface area contributed by atoms with Crippen molar-refractivity contribution in [2.75, 3.05) is 45.2 Å². The first-order valence-corrected chi connectivity index (χ1v) is 9.22. The molecule has 0 aliphatic carbocycles. The number of carbonyl (C=O) groups excluding carboxylic acids is 1. The Hall–Kier alpha value is -2.15. The Morgan fingerprint density at radius 2 is 1.85 bits per heavy atom. The Labute approximate surface area is 158 Å². The molecule has 0 atom stereocenters. The second-order valence-corrected chi connectivity index (χ2v) is 6.95. The van der Waals surface area contributed by atoms with Gasteiger partial charge in [-0.2, -0.15) is 0 Å². The fourth-order valence-corrected chi connectivity index (χ4v) is 3.41. The van der Waals surface area contributed by atoms with Gasteiger partial charge < -0.3 is 19.9 Å². The molecule has 0 radical (unpaired) electrons. The first-order valence-electron chi connectivity index (χ1n) is 8.84. The van der Waals surface area contributed by atoms with Gasteiger partial charge in [0.05, 0.1) is 12.8 Å². The summed E-state index contributed by atoms with van der Waals surface area (Å²) in [5.41, 5.74) is 1.88. The summed E-state index contributed by atoms with van der Waals surface area (Å²) in [7, 11) is 1.68. The van der Waals surface area contributed by atoms with Crippen LogP contribution in [-0.4, -0.2) is 50.7 Å². The molecule has 26 heavy (non-hydrogen) atoms. The smallest absolute Gasteiger partial charge is 0.279 e. The Morgan fingerprint density at radius 3 is 2.50 bits per heavy atom. The van der Waals surface area contributed by atoms with Crippen molar-refractivity contribution >= 4 is 23.2 Å². The molecule has 6 nitrogen and oxygen atoms in total. The quantitative estimate of drug-likeness (QED) is 0.605. The number of ether oxygens (including phenoxy) is 1. The van der Waals surface area contributed by atoms with E-state index in [0.29, 0.717) is 17.4 Å². The molecule has 1 aliphatic rings. The van der Waals surface area contributed by atoms with Gasteiger partial charge in [0.2, 0.25) is 0 Å². The van der Waals surface area contributed by atoms with Gasteiger partial charge >= 0.3 is 0 Å². The Morgan fingerprint density at radius 1 is 1.15 bits per heavy atom. The number of carbonyl (C=O) groups is 1. The van der Waals surface area contributed by atoms with Crippen molar-refractivity contribution in [3.63, 3.8) is 0 Å². The minimum Gasteiger partial charge on any atom is -0.497 e. The van der Waals surface area contributed by atoms with Gasteiger partial charge in [0, 0.05) is 11.8 Å². The normalized spacial score (nSPS) is 19.8. The van der Waals surface area contributed by atoms with Crippen LogP contribution >= 0.6 is 11.6 Å². The van der Waals surface area contributed by atoms with E-state index in [2.05, 4.69) is 22.4 Å². The lowest BCUT2D eigenvalue weighted by molar-refractivity contribution is -1.02. The molecule has 0 spiro atoms. The summed E-state index contributed by atoms with van der Waals surface area (Å²) in [5.74, 6) is 0.867. The van der Waals surface area contributed by atoms with E-state index in [-0.39, 0.29) is 5.91 Å². The number of benzene rings is 1. The van der Waals surface area contributed by atoms with Gasteiger partial charge in [-0.05, 0) is 36.4 Å². The molecular weight excluding hydrogens is 352 g/mol. The van der Waals surface area contributed by atoms with E-state index >= 15 is 0 Å². The molecule has 3 N–H and O–H groups in total. The van der Waals surface area contributed by atoms with E-state index in [0.717, 1.165) is 38.5 Å². The second kappa shape index (κ2) is 8.98. The number of rotatable bonds is 6. The topological polar surface area (TPSA) is 60.1 Å². The molecule has 7 heteroatoms. The first-order chi connectivity index (χ1) is 12.6. The van der Waals surface area contributed by atoms with Crippen LogP contribution in [0.25, 0.3) is 0 Å². The SMILES string of the molecule is COc1ccc(C[NH+]2CC[NH+](CC(=O)Nc3cccnc3Cl)CC2)cc1. The summed E-state index contributed by atoms with van der Waals surface area (Å²) in [4.78, 5) is 19.1. The third-order valence-corrected chi connectivity index (χ3v) is 5.02. The van der Waals surface area contributed by atoms with E-state index in [1.165, 1.54) is 10.5 Å². The second-order valence-electron chi connectivity index (χ2n) is 6.59. The molecule has 1 saturated heterocycles. The van der Waals surface area contributed by atoms with Crippen LogP contribution in [0.2, 0.25) is 5.15 Å². The number of halogens is 1. The number of amides is 1. The average Bonchev–Trinajstić information content (AvgIpc) is 2.66. The highest BCUT2D eigenvalue weighted by molar-refractivity contribution is 6.32. The van der Waals surface area contributed by atoms with Crippen LogP contribution in [0, 0.1) is 0 Å². The zero-order valence-corrected chi connectivity index (χ0v) is 15.7. The number of aromatic nitrogens is 1. The van der Waals surface area contributed by atoms with Gasteiger partial charge in [0.25, 0.3) is 5.91 Å². The molecule has 2 heterocycles. The van der Waals surface area contributed by atoms with Crippen LogP contribution in [0.15, 0.2) is 42.6 Å². The molecule has 3 rings (SSSR count). The van der Waals surface area contributed by atoms with Gasteiger partial charge in [0.1, 0.15) is 38.5 Å². The lowest BCUT2D eigenvalue weighted by Gasteiger charge is -2.29. The van der Waals surface area contributed by atoms with Crippen molar-refractivity contribution in [1.29, 1.82) is 0 Å². The molecule has 138 valence electrons. The molecule has 0 bridgehead atoms. The number of nitrogens with one attached hydrogen (secondary N) is 3. The van der Waals surface area contributed by atoms with Crippen LogP contribution in [0.1, 0.15) is 5.56 Å². The lowest BCUT2D eigenvalue weighted by atomic mass is 10.2. The number of nitrogens with zero attached hydrogens (tertiary/aromatic N) is 1. The molecule has 1 aliphatic heterocycles. The molecule has 1 fully saturated rings. The third kappa shape index (κ3) is 5.17. The van der Waals surface area contributed by atoms with Crippen molar-refractivity contribution in [2.45, 2.75) is 6.54 Å². The van der Waals surface area contributed by atoms with E-state index < -0.39 is 0 Å². The van der Waals surface area contributed by atoms with E-state index in [1.807, 2.05) is 12.1 Å². The molecule has 0 saturated carbocycles. The van der Waals surface area contributed by atoms with Crippen molar-refractivity contribution in [3.05, 3.63) is 53.3 Å². The van der Waals surface area contributed by atoms with Crippen LogP contribution in [0.5, 0.6) is 5.75 Å². The zero-order chi connectivity index (χ0) is 18.4. The highest BCUT2D eigenvalue weighted by Gasteiger charge is 2.25. The van der Waals surface area contributed by atoms with E-state index in [4.69, 9.17) is 16.3 Å². The van der Waals surface area contributed by atoms with Gasteiger partial charge in [-0.25, -0.2) is 4.98 Å². The summed E-state index contributed by atoms with van der Waals surface area (Å²) in [5, 5.41) is 3.17. The lowest BCUT2D eigenvalue weighted by Crippen LogP contribution is -3.28. The van der Waals surface area contributed by atoms with Gasteiger partial charge in [-0.1, -0.05) is 11.6 Å². The number of hydrogen-bond acceptors (Lipinski definition) is 3. The maximum atomic E-state index is 12.2. The van der Waals surface area contributed by atoms with Crippen molar-refractivity contribution in [2.24, 2.45) is 0 Å². The van der Waals surface area contributed by atoms with E-state index in [9.17, 15) is 4.79 Å². The molecule has 1 amide bonds. The minimum absolute atomic E-state index is 0.0199. The van der Waals surface area contributed by atoms with Crippen LogP contribution in [-0.2, 0) is 11.3 Å². The summed E-state index contributed by atoms with van der Waals surface area (Å²) < 4.78 is 5.20. The van der Waals surface area contributed by atoms with Gasteiger partial charge in [-0.15, -0.1) is 0 Å². The number of piperazine rings is 1. The molecule has 1 aromatic carbocycles. The predicted molar refractivity (Wildman–Crippen MR) is 101 cm³/mol. The van der Waals surface area contributed by atoms with Crippen LogP contribution in [0.3, 0.4) is 0 Å². The molecular formula is C19H25ClN4O2+2. The first kappa shape index (κ1) is 18.6. The standard InChI is InChI=1S/C19H23ClN4O2/c1-26-16-6-4-15(5-7-16)13-23-9-11-24(12-10-23)14-18(25)22-17-3-2-8-21-19(17)20/h2-8H,9-14H2,1H3,(H,22,25)/p+2. The fourth-order valence-electron chi connectivity index (χ4n) is 3.24. The Balaban J connectivity index is 1.43. The number of quaternary nitrogens is 2. The fraction of sp³-hybridized carbons (Fsp3) is 0.368. The zero-order valence-electron chi connectivity index (χ0n) is 14.9. The van der Waals surface area contributed by atoms with Crippen molar-refractivity contribution < 1.29 is 19.3 Å². The Kier molecular flexibility index (Phi) is 6.44. The van der Waals surface area contributed by atoms with Crippen molar-refractivity contribution in [3.8, 4) is 5.75 Å². The summed E-state index contributed by atoms with van der Waals surface area (Å²) >= 11 is 5.98. The maximum absolute atomic E-state index is 12.2. The van der Waals surface area contributed by atoms with Crippen LogP contribution in [0.4, 0.5) is 5.69 Å². The van der Waals surface area contributed by atoms with Crippen molar-refractivity contribution in [1.82, 2.24) is 4.98 Å². The maximum Gasteiger partial charge on any atom is 0.279 e. The predicted octanol–water partition coefficient (Wildman–Crippen LogP) is -0.334. The molecule has 0 unspecified atom stereocenters. The van der Waals surface area contributed by atoms with Gasteiger partial charge in [-0.3, -0.25) is 4.79 Å². The monoisotopic (exact) mass is 376 g/mol. The highest BCUT2D eigenvalue weighted by Crippen LogP contribution is 2.16. The largest absolute Gasteiger partial charge is 0.497 e. The van der Waals surface area contributed by atoms with E-state index in [1.54, 1.807) is 30.3 Å². The number of hydrogen-bond donors (Lipinski definition) is 3. The number of methoxy groups -OCH3 is 1. The third-order valence-electron chi connectivity index (χ3n) is 4.72. The number of pyridine rings is 1. The number of anilines is 1. The van der Waals surface area contributed by atoms with Crippen LogP contribution < -0.4 is 19.9 Å². The highest BCUT2D eigenvalue weighted by atomic mass is 35.5. The minimum atomic E-state index is -0.0199. The Bertz CT molecular complexity index is 731. The molecule has 2 aromatic rings. The van der Waals surface area contributed by atoms with Gasteiger partial charge in [0.15, 0.2) is 11.7 Å². The summed E-state index contributed by atoms with van der Waals surface area (Å²) in [6.45, 7) is 5.56. The summed E-state index contributed by atoms with van der Waals surface area (Å²) in [6.07, 6.45) is 1.61. The average molecular weight is 377 g/mol. The summed E-state index contributed by atoms with van der Waals surface area (Å²) in [6, 6.07) is 11.8. The molecule has 1 aromatic heterocycles.